The molecule has 0 aromatic heterocycles. The summed E-state index contributed by atoms with van der Waals surface area (Å²) in [7, 11) is 1.69. The van der Waals surface area contributed by atoms with Crippen LogP contribution in [0.4, 0.5) is 0 Å². The number of ether oxygens (including phenoxy) is 2. The van der Waals surface area contributed by atoms with Crippen LogP contribution in [0.2, 0.25) is 0 Å². The summed E-state index contributed by atoms with van der Waals surface area (Å²) in [6.07, 6.45) is 4.29. The standard InChI is InChI=1S/C10H17NO2/c1-12-6-3-7-13-10-5-2-4-9(10)8-11/h9-10H,2-7H2,1H3. The van der Waals surface area contributed by atoms with Crippen LogP contribution >= 0.6 is 0 Å². The summed E-state index contributed by atoms with van der Waals surface area (Å²) < 4.78 is 10.5. The Hall–Kier alpha value is -0.590. The van der Waals surface area contributed by atoms with Crippen molar-refractivity contribution in [3.63, 3.8) is 0 Å². The van der Waals surface area contributed by atoms with Crippen molar-refractivity contribution in [2.45, 2.75) is 31.8 Å². The highest BCUT2D eigenvalue weighted by atomic mass is 16.5. The lowest BCUT2D eigenvalue weighted by Crippen LogP contribution is -2.17. The molecule has 2 atom stereocenters. The van der Waals surface area contributed by atoms with Gasteiger partial charge in [0.25, 0.3) is 0 Å². The summed E-state index contributed by atoms with van der Waals surface area (Å²) in [5.74, 6) is 0.127. The summed E-state index contributed by atoms with van der Waals surface area (Å²) in [5, 5.41) is 8.78. The van der Waals surface area contributed by atoms with E-state index >= 15 is 0 Å². The minimum absolute atomic E-state index is 0.127. The molecule has 0 amide bonds. The van der Waals surface area contributed by atoms with Crippen molar-refractivity contribution < 1.29 is 9.47 Å². The topological polar surface area (TPSA) is 42.2 Å². The van der Waals surface area contributed by atoms with E-state index < -0.39 is 0 Å². The summed E-state index contributed by atoms with van der Waals surface area (Å²) in [6.45, 7) is 1.46. The van der Waals surface area contributed by atoms with Crippen molar-refractivity contribution in [2.75, 3.05) is 20.3 Å². The van der Waals surface area contributed by atoms with Gasteiger partial charge < -0.3 is 9.47 Å². The third-order valence-electron chi connectivity index (χ3n) is 2.44. The molecule has 0 spiro atoms. The molecule has 1 aliphatic rings. The minimum Gasteiger partial charge on any atom is -0.385 e. The van der Waals surface area contributed by atoms with Crippen LogP contribution in [-0.4, -0.2) is 26.4 Å². The van der Waals surface area contributed by atoms with Gasteiger partial charge in [-0.25, -0.2) is 0 Å². The van der Waals surface area contributed by atoms with E-state index in [1.807, 2.05) is 0 Å². The smallest absolute Gasteiger partial charge is 0.0733 e. The Kier molecular flexibility index (Phi) is 4.81. The zero-order valence-corrected chi connectivity index (χ0v) is 8.16. The monoisotopic (exact) mass is 183 g/mol. The lowest BCUT2D eigenvalue weighted by atomic mass is 10.1. The van der Waals surface area contributed by atoms with Gasteiger partial charge in [-0.1, -0.05) is 0 Å². The molecule has 1 saturated carbocycles. The summed E-state index contributed by atoms with van der Waals surface area (Å²) >= 11 is 0. The SMILES string of the molecule is COCCCOC1CCCC1C#N. The average Bonchev–Trinajstić information content (AvgIpc) is 2.60. The fraction of sp³-hybridized carbons (Fsp3) is 0.900. The minimum atomic E-state index is 0.127. The average molecular weight is 183 g/mol. The molecule has 0 aromatic rings. The number of nitrogens with zero attached hydrogens (tertiary/aromatic N) is 1. The zero-order valence-electron chi connectivity index (χ0n) is 8.16. The largest absolute Gasteiger partial charge is 0.385 e. The van der Waals surface area contributed by atoms with Crippen molar-refractivity contribution in [3.05, 3.63) is 0 Å². The molecule has 0 aliphatic heterocycles. The van der Waals surface area contributed by atoms with Gasteiger partial charge in [0.15, 0.2) is 0 Å². The van der Waals surface area contributed by atoms with E-state index in [2.05, 4.69) is 6.07 Å². The van der Waals surface area contributed by atoms with Crippen LogP contribution < -0.4 is 0 Å². The highest BCUT2D eigenvalue weighted by Crippen LogP contribution is 2.27. The third kappa shape index (κ3) is 3.33. The van der Waals surface area contributed by atoms with Gasteiger partial charge in [-0.05, 0) is 25.7 Å². The Bertz CT molecular complexity index is 176. The van der Waals surface area contributed by atoms with Gasteiger partial charge in [0.2, 0.25) is 0 Å². The quantitative estimate of drug-likeness (QED) is 0.609. The second kappa shape index (κ2) is 5.95. The molecule has 1 aliphatic carbocycles. The third-order valence-corrected chi connectivity index (χ3v) is 2.44. The van der Waals surface area contributed by atoms with Crippen LogP contribution in [0, 0.1) is 17.2 Å². The summed E-state index contributed by atoms with van der Waals surface area (Å²) in [5.41, 5.74) is 0. The first kappa shape index (κ1) is 10.5. The Morgan fingerprint density at radius 1 is 1.38 bits per heavy atom. The summed E-state index contributed by atoms with van der Waals surface area (Å²) in [6, 6.07) is 2.30. The van der Waals surface area contributed by atoms with E-state index in [0.29, 0.717) is 0 Å². The number of methoxy groups -OCH3 is 1. The van der Waals surface area contributed by atoms with E-state index in [1.54, 1.807) is 7.11 Å². The van der Waals surface area contributed by atoms with Crippen LogP contribution in [-0.2, 0) is 9.47 Å². The molecule has 0 radical (unpaired) electrons. The molecule has 0 heterocycles. The first-order valence-electron chi connectivity index (χ1n) is 4.88. The highest BCUT2D eigenvalue weighted by Gasteiger charge is 2.27. The first-order chi connectivity index (χ1) is 6.38. The van der Waals surface area contributed by atoms with E-state index in [1.165, 1.54) is 0 Å². The molecule has 0 saturated heterocycles. The van der Waals surface area contributed by atoms with Gasteiger partial charge in [0, 0.05) is 20.3 Å². The molecule has 3 nitrogen and oxygen atoms in total. The van der Waals surface area contributed by atoms with Gasteiger partial charge in [0.05, 0.1) is 18.1 Å². The maximum atomic E-state index is 8.78. The lowest BCUT2D eigenvalue weighted by Gasteiger charge is -2.14. The molecular weight excluding hydrogens is 166 g/mol. The maximum Gasteiger partial charge on any atom is 0.0733 e. The Balaban J connectivity index is 2.10. The van der Waals surface area contributed by atoms with Crippen molar-refractivity contribution in [3.8, 4) is 6.07 Å². The number of hydrogen-bond donors (Lipinski definition) is 0. The molecule has 1 fully saturated rings. The fourth-order valence-electron chi connectivity index (χ4n) is 1.71. The van der Waals surface area contributed by atoms with Crippen LogP contribution in [0.3, 0.4) is 0 Å². The van der Waals surface area contributed by atoms with E-state index in [9.17, 15) is 0 Å². The van der Waals surface area contributed by atoms with Gasteiger partial charge in [0.1, 0.15) is 0 Å². The normalized spacial score (nSPS) is 27.4. The first-order valence-corrected chi connectivity index (χ1v) is 4.88. The number of nitriles is 1. The lowest BCUT2D eigenvalue weighted by molar-refractivity contribution is 0.0293. The Morgan fingerprint density at radius 3 is 2.92 bits per heavy atom. The number of rotatable bonds is 5. The van der Waals surface area contributed by atoms with Crippen LogP contribution in [0.15, 0.2) is 0 Å². The second-order valence-electron chi connectivity index (χ2n) is 3.42. The van der Waals surface area contributed by atoms with Gasteiger partial charge in [-0.3, -0.25) is 0 Å². The molecule has 13 heavy (non-hydrogen) atoms. The van der Waals surface area contributed by atoms with Crippen molar-refractivity contribution >= 4 is 0 Å². The van der Waals surface area contributed by atoms with Gasteiger partial charge in [-0.15, -0.1) is 0 Å². The number of hydrogen-bond acceptors (Lipinski definition) is 3. The van der Waals surface area contributed by atoms with Gasteiger partial charge in [-0.2, -0.15) is 5.26 Å². The molecule has 1 rings (SSSR count). The molecule has 0 bridgehead atoms. The zero-order chi connectivity index (χ0) is 9.52. The molecule has 74 valence electrons. The Labute approximate surface area is 79.6 Å². The van der Waals surface area contributed by atoms with Gasteiger partial charge >= 0.3 is 0 Å². The predicted molar refractivity (Wildman–Crippen MR) is 49.2 cm³/mol. The van der Waals surface area contributed by atoms with Crippen molar-refractivity contribution in [2.24, 2.45) is 5.92 Å². The van der Waals surface area contributed by atoms with E-state index in [0.717, 1.165) is 38.9 Å². The second-order valence-corrected chi connectivity index (χ2v) is 3.42. The Morgan fingerprint density at radius 2 is 2.23 bits per heavy atom. The molecule has 0 aromatic carbocycles. The van der Waals surface area contributed by atoms with Crippen LogP contribution in [0.25, 0.3) is 0 Å². The molecule has 3 heteroatoms. The van der Waals surface area contributed by atoms with Crippen LogP contribution in [0.1, 0.15) is 25.7 Å². The maximum absolute atomic E-state index is 8.78. The molecular formula is C10H17NO2. The fourth-order valence-corrected chi connectivity index (χ4v) is 1.71. The molecule has 2 unspecified atom stereocenters. The van der Waals surface area contributed by atoms with Crippen molar-refractivity contribution in [1.82, 2.24) is 0 Å². The predicted octanol–water partition coefficient (Wildman–Crippen LogP) is 1.73. The highest BCUT2D eigenvalue weighted by molar-refractivity contribution is 4.93. The van der Waals surface area contributed by atoms with E-state index in [-0.39, 0.29) is 12.0 Å². The van der Waals surface area contributed by atoms with Crippen LogP contribution in [0.5, 0.6) is 0 Å². The summed E-state index contributed by atoms with van der Waals surface area (Å²) in [4.78, 5) is 0. The van der Waals surface area contributed by atoms with Crippen molar-refractivity contribution in [1.29, 1.82) is 5.26 Å². The molecule has 0 N–H and O–H groups in total. The van der Waals surface area contributed by atoms with E-state index in [4.69, 9.17) is 14.7 Å².